The summed E-state index contributed by atoms with van der Waals surface area (Å²) in [4.78, 5) is 9.91. The lowest BCUT2D eigenvalue weighted by Crippen LogP contribution is -1.87. The zero-order valence-corrected chi connectivity index (χ0v) is 15.5. The number of nitrogens with zero attached hydrogens (tertiary/aromatic N) is 3. The number of benzene rings is 1. The number of aromatic nitrogens is 3. The molecule has 8 heteroatoms. The summed E-state index contributed by atoms with van der Waals surface area (Å²) in [6, 6.07) is 11.5. The van der Waals surface area contributed by atoms with Gasteiger partial charge in [-0.3, -0.25) is 0 Å². The highest BCUT2D eigenvalue weighted by Crippen LogP contribution is 2.25. The number of thiophene rings is 1. The summed E-state index contributed by atoms with van der Waals surface area (Å²) in [5.41, 5.74) is 1.80. The SMILES string of the molecule is COc1ccc(-c2nc(CSCc3noc(-c4cccs4)n3)co2)cc1. The van der Waals surface area contributed by atoms with Crippen molar-refractivity contribution in [2.75, 3.05) is 7.11 Å². The van der Waals surface area contributed by atoms with E-state index in [1.54, 1.807) is 36.5 Å². The molecule has 0 aliphatic carbocycles. The van der Waals surface area contributed by atoms with Gasteiger partial charge in [0, 0.05) is 11.3 Å². The molecule has 0 atom stereocenters. The standard InChI is InChI=1S/C18H15N3O3S2/c1-22-14-6-4-12(5-7-14)17-19-13(9-23-17)10-25-11-16-20-18(24-21-16)15-3-2-8-26-15/h2-9H,10-11H2,1H3. The fourth-order valence-corrected chi connectivity index (χ4v) is 3.69. The van der Waals surface area contributed by atoms with E-state index in [0.717, 1.165) is 21.9 Å². The zero-order chi connectivity index (χ0) is 17.8. The lowest BCUT2D eigenvalue weighted by molar-refractivity contribution is 0.415. The largest absolute Gasteiger partial charge is 0.497 e. The Morgan fingerprint density at radius 1 is 1.08 bits per heavy atom. The van der Waals surface area contributed by atoms with Crippen LogP contribution in [0.5, 0.6) is 5.75 Å². The molecule has 0 aliphatic heterocycles. The van der Waals surface area contributed by atoms with Crippen LogP contribution in [-0.2, 0) is 11.5 Å². The number of rotatable bonds is 7. The molecule has 3 aromatic heterocycles. The lowest BCUT2D eigenvalue weighted by atomic mass is 10.2. The number of oxazole rings is 1. The predicted octanol–water partition coefficient (Wildman–Crippen LogP) is 4.90. The number of hydrogen-bond donors (Lipinski definition) is 0. The van der Waals surface area contributed by atoms with Crippen molar-refractivity contribution in [1.29, 1.82) is 0 Å². The maximum Gasteiger partial charge on any atom is 0.268 e. The number of ether oxygens (including phenoxy) is 1. The summed E-state index contributed by atoms with van der Waals surface area (Å²) in [6.45, 7) is 0. The van der Waals surface area contributed by atoms with E-state index in [2.05, 4.69) is 15.1 Å². The molecule has 132 valence electrons. The summed E-state index contributed by atoms with van der Waals surface area (Å²) in [5, 5.41) is 6.00. The third kappa shape index (κ3) is 3.81. The third-order valence-electron chi connectivity index (χ3n) is 3.57. The molecule has 4 rings (SSSR count). The molecule has 3 heterocycles. The van der Waals surface area contributed by atoms with Crippen LogP contribution in [-0.4, -0.2) is 22.2 Å². The van der Waals surface area contributed by atoms with Crippen LogP contribution in [0.2, 0.25) is 0 Å². The molecule has 0 aliphatic rings. The molecule has 0 N–H and O–H groups in total. The highest BCUT2D eigenvalue weighted by Gasteiger charge is 2.11. The molecule has 0 fully saturated rings. The topological polar surface area (TPSA) is 74.2 Å². The Morgan fingerprint density at radius 3 is 2.73 bits per heavy atom. The van der Waals surface area contributed by atoms with E-state index in [-0.39, 0.29) is 0 Å². The summed E-state index contributed by atoms with van der Waals surface area (Å²) < 4.78 is 16.0. The Bertz CT molecular complexity index is 962. The maximum atomic E-state index is 5.57. The van der Waals surface area contributed by atoms with Gasteiger partial charge in [-0.1, -0.05) is 11.2 Å². The van der Waals surface area contributed by atoms with E-state index in [1.165, 1.54) is 0 Å². The second-order valence-electron chi connectivity index (χ2n) is 5.36. The molecule has 0 amide bonds. The number of methoxy groups -OCH3 is 1. The minimum atomic E-state index is 0.568. The second kappa shape index (κ2) is 7.76. The van der Waals surface area contributed by atoms with Gasteiger partial charge in [0.05, 0.1) is 23.4 Å². The summed E-state index contributed by atoms with van der Waals surface area (Å²) >= 11 is 3.24. The fraction of sp³-hybridized carbons (Fsp3) is 0.167. The van der Waals surface area contributed by atoms with Crippen LogP contribution in [0.4, 0.5) is 0 Å². The summed E-state index contributed by atoms with van der Waals surface area (Å²) in [5.74, 6) is 4.01. The van der Waals surface area contributed by atoms with Gasteiger partial charge in [-0.2, -0.15) is 4.98 Å². The lowest BCUT2D eigenvalue weighted by Gasteiger charge is -1.99. The van der Waals surface area contributed by atoms with Crippen molar-refractivity contribution < 1.29 is 13.7 Å². The normalized spacial score (nSPS) is 11.0. The molecule has 0 spiro atoms. The van der Waals surface area contributed by atoms with Crippen molar-refractivity contribution in [3.05, 3.63) is 59.6 Å². The third-order valence-corrected chi connectivity index (χ3v) is 5.39. The van der Waals surface area contributed by atoms with E-state index in [4.69, 9.17) is 13.7 Å². The fourth-order valence-electron chi connectivity index (χ4n) is 2.30. The van der Waals surface area contributed by atoms with Crippen LogP contribution in [0.1, 0.15) is 11.5 Å². The quantitative estimate of drug-likeness (QED) is 0.448. The number of hydrogen-bond acceptors (Lipinski definition) is 8. The van der Waals surface area contributed by atoms with Gasteiger partial charge in [-0.15, -0.1) is 23.1 Å². The van der Waals surface area contributed by atoms with Gasteiger partial charge in [0.25, 0.3) is 5.89 Å². The summed E-state index contributed by atoms with van der Waals surface area (Å²) in [7, 11) is 1.64. The average molecular weight is 385 g/mol. The molecule has 0 bridgehead atoms. The first kappa shape index (κ1) is 16.9. The first-order chi connectivity index (χ1) is 12.8. The predicted molar refractivity (Wildman–Crippen MR) is 101 cm³/mol. The van der Waals surface area contributed by atoms with E-state index >= 15 is 0 Å². The molecule has 0 radical (unpaired) electrons. The Balaban J connectivity index is 1.33. The molecule has 6 nitrogen and oxygen atoms in total. The van der Waals surface area contributed by atoms with Crippen LogP contribution < -0.4 is 4.74 Å². The maximum absolute atomic E-state index is 5.57. The van der Waals surface area contributed by atoms with Crippen molar-refractivity contribution in [2.24, 2.45) is 0 Å². The van der Waals surface area contributed by atoms with Crippen molar-refractivity contribution in [2.45, 2.75) is 11.5 Å². The van der Waals surface area contributed by atoms with Gasteiger partial charge in [-0.05, 0) is 35.7 Å². The van der Waals surface area contributed by atoms with Crippen LogP contribution in [0.3, 0.4) is 0 Å². The molecule has 0 saturated heterocycles. The van der Waals surface area contributed by atoms with Gasteiger partial charge in [0.15, 0.2) is 5.82 Å². The van der Waals surface area contributed by atoms with E-state index < -0.39 is 0 Å². The Hall–Kier alpha value is -2.58. The molecular formula is C18H15N3O3S2. The first-order valence-electron chi connectivity index (χ1n) is 7.85. The van der Waals surface area contributed by atoms with Crippen LogP contribution in [0, 0.1) is 0 Å². The summed E-state index contributed by atoms with van der Waals surface area (Å²) in [6.07, 6.45) is 1.68. The van der Waals surface area contributed by atoms with E-state index in [1.807, 2.05) is 41.8 Å². The molecular weight excluding hydrogens is 370 g/mol. The average Bonchev–Trinajstić information content (AvgIpc) is 3.43. The minimum absolute atomic E-state index is 0.568. The smallest absolute Gasteiger partial charge is 0.268 e. The van der Waals surface area contributed by atoms with Gasteiger partial charge in [-0.25, -0.2) is 4.98 Å². The molecule has 4 aromatic rings. The second-order valence-corrected chi connectivity index (χ2v) is 7.29. The van der Waals surface area contributed by atoms with Gasteiger partial charge in [0.1, 0.15) is 12.0 Å². The van der Waals surface area contributed by atoms with Crippen LogP contribution >= 0.6 is 23.1 Å². The van der Waals surface area contributed by atoms with Gasteiger partial charge < -0.3 is 13.7 Å². The van der Waals surface area contributed by atoms with Gasteiger partial charge >= 0.3 is 0 Å². The van der Waals surface area contributed by atoms with Crippen LogP contribution in [0.25, 0.3) is 22.2 Å². The Morgan fingerprint density at radius 2 is 1.96 bits per heavy atom. The monoisotopic (exact) mass is 385 g/mol. The van der Waals surface area contributed by atoms with Crippen molar-refractivity contribution in [3.8, 4) is 28.0 Å². The molecule has 0 saturated carbocycles. The molecule has 26 heavy (non-hydrogen) atoms. The molecule has 1 aromatic carbocycles. The highest BCUT2D eigenvalue weighted by atomic mass is 32.2. The van der Waals surface area contributed by atoms with Crippen LogP contribution in [0.15, 0.2) is 57.0 Å². The molecule has 0 unspecified atom stereocenters. The Labute approximate surface area is 158 Å². The Kier molecular flexibility index (Phi) is 5.03. The van der Waals surface area contributed by atoms with E-state index in [9.17, 15) is 0 Å². The highest BCUT2D eigenvalue weighted by molar-refractivity contribution is 7.97. The van der Waals surface area contributed by atoms with Gasteiger partial charge in [0.2, 0.25) is 5.89 Å². The van der Waals surface area contributed by atoms with E-state index in [0.29, 0.717) is 29.1 Å². The van der Waals surface area contributed by atoms with Crippen molar-refractivity contribution in [3.63, 3.8) is 0 Å². The zero-order valence-electron chi connectivity index (χ0n) is 13.9. The number of thioether (sulfide) groups is 1. The van der Waals surface area contributed by atoms with Crippen molar-refractivity contribution in [1.82, 2.24) is 15.1 Å². The minimum Gasteiger partial charge on any atom is -0.497 e. The first-order valence-corrected chi connectivity index (χ1v) is 9.88. The van der Waals surface area contributed by atoms with Crippen molar-refractivity contribution >= 4 is 23.1 Å².